The van der Waals surface area contributed by atoms with Crippen LogP contribution in [-0.2, 0) is 13.0 Å². The third kappa shape index (κ3) is 3.53. The van der Waals surface area contributed by atoms with E-state index in [1.165, 1.54) is 0 Å². The number of phenols is 1. The Balaban J connectivity index is 1.47. The molecule has 3 heterocycles. The number of phenolic OH excluding ortho intramolecular Hbond substituents is 1. The number of carbonyl (C=O) groups is 1. The number of rotatable bonds is 3. The average molecular weight is 363 g/mol. The van der Waals surface area contributed by atoms with Gasteiger partial charge in [0.05, 0.1) is 0 Å². The summed E-state index contributed by atoms with van der Waals surface area (Å²) in [6.07, 6.45) is 5.90. The van der Waals surface area contributed by atoms with Crippen LogP contribution < -0.4 is 5.32 Å². The molecular weight excluding hydrogens is 342 g/mol. The summed E-state index contributed by atoms with van der Waals surface area (Å²) < 4.78 is 2.12. The minimum Gasteiger partial charge on any atom is -0.508 e. The zero-order valence-corrected chi connectivity index (χ0v) is 15.1. The maximum Gasteiger partial charge on any atom is 0.251 e. The molecule has 2 aromatic heterocycles. The number of aromatic nitrogens is 4. The Labute approximate surface area is 157 Å². The molecule has 0 aliphatic carbocycles. The third-order valence-corrected chi connectivity index (χ3v) is 4.96. The molecule has 1 aromatic carbocycles. The van der Waals surface area contributed by atoms with E-state index in [-0.39, 0.29) is 17.7 Å². The second-order valence-corrected chi connectivity index (χ2v) is 6.83. The van der Waals surface area contributed by atoms with E-state index < -0.39 is 0 Å². The lowest BCUT2D eigenvalue weighted by atomic mass is 10.1. The molecule has 1 atom stereocenters. The summed E-state index contributed by atoms with van der Waals surface area (Å²) in [5.74, 6) is 1.83. The average Bonchev–Trinajstić information content (AvgIpc) is 2.99. The summed E-state index contributed by atoms with van der Waals surface area (Å²) >= 11 is 0. The Hall–Kier alpha value is -3.22. The van der Waals surface area contributed by atoms with Crippen LogP contribution in [0.1, 0.15) is 34.6 Å². The molecule has 2 N–H and O–H groups in total. The first-order valence-corrected chi connectivity index (χ1v) is 9.05. The zero-order chi connectivity index (χ0) is 18.8. The van der Waals surface area contributed by atoms with Crippen LogP contribution in [0.25, 0.3) is 11.4 Å². The van der Waals surface area contributed by atoms with Gasteiger partial charge in [0.2, 0.25) is 0 Å². The fourth-order valence-electron chi connectivity index (χ4n) is 3.41. The van der Waals surface area contributed by atoms with Crippen LogP contribution in [0.15, 0.2) is 42.7 Å². The fraction of sp³-hybridized carbons (Fsp3) is 0.300. The van der Waals surface area contributed by atoms with Gasteiger partial charge in [0.1, 0.15) is 11.6 Å². The van der Waals surface area contributed by atoms with Crippen molar-refractivity contribution in [3.05, 3.63) is 59.7 Å². The van der Waals surface area contributed by atoms with Gasteiger partial charge in [-0.05, 0) is 55.7 Å². The molecule has 27 heavy (non-hydrogen) atoms. The molecule has 7 heteroatoms. The first kappa shape index (κ1) is 17.2. The molecule has 1 amide bonds. The monoisotopic (exact) mass is 363 g/mol. The number of amides is 1. The highest BCUT2D eigenvalue weighted by Gasteiger charge is 2.22. The Morgan fingerprint density at radius 1 is 1.26 bits per heavy atom. The number of carbonyl (C=O) groups excluding carboxylic acids is 1. The predicted octanol–water partition coefficient (Wildman–Crippen LogP) is 2.49. The van der Waals surface area contributed by atoms with Crippen molar-refractivity contribution in [2.75, 3.05) is 0 Å². The van der Waals surface area contributed by atoms with Crippen LogP contribution in [-0.4, -0.2) is 36.8 Å². The molecule has 0 saturated carbocycles. The van der Waals surface area contributed by atoms with E-state index in [1.54, 1.807) is 37.5 Å². The van der Waals surface area contributed by atoms with E-state index in [1.807, 2.05) is 12.1 Å². The predicted molar refractivity (Wildman–Crippen MR) is 100 cm³/mol. The van der Waals surface area contributed by atoms with E-state index in [0.717, 1.165) is 43.0 Å². The Morgan fingerprint density at radius 2 is 2.15 bits per heavy atom. The second kappa shape index (κ2) is 7.19. The summed E-state index contributed by atoms with van der Waals surface area (Å²) in [5, 5.41) is 21.4. The van der Waals surface area contributed by atoms with Crippen LogP contribution >= 0.6 is 0 Å². The number of pyridine rings is 1. The highest BCUT2D eigenvalue weighted by molar-refractivity contribution is 5.94. The smallest absolute Gasteiger partial charge is 0.251 e. The lowest BCUT2D eigenvalue weighted by molar-refractivity contribution is 0.0933. The minimum atomic E-state index is -0.117. The molecule has 0 spiro atoms. The van der Waals surface area contributed by atoms with Crippen LogP contribution in [0, 0.1) is 6.92 Å². The van der Waals surface area contributed by atoms with Gasteiger partial charge in [-0.25, -0.2) is 0 Å². The fourth-order valence-corrected chi connectivity index (χ4v) is 3.41. The van der Waals surface area contributed by atoms with E-state index in [9.17, 15) is 9.90 Å². The molecule has 4 rings (SSSR count). The van der Waals surface area contributed by atoms with Gasteiger partial charge >= 0.3 is 0 Å². The van der Waals surface area contributed by atoms with Crippen molar-refractivity contribution in [3.63, 3.8) is 0 Å². The van der Waals surface area contributed by atoms with Gasteiger partial charge in [-0.3, -0.25) is 9.78 Å². The van der Waals surface area contributed by atoms with E-state index in [4.69, 9.17) is 0 Å². The van der Waals surface area contributed by atoms with E-state index >= 15 is 0 Å². The summed E-state index contributed by atoms with van der Waals surface area (Å²) in [7, 11) is 0. The number of aryl methyl sites for hydroxylation is 2. The first-order chi connectivity index (χ1) is 13.1. The molecule has 0 bridgehead atoms. The molecule has 3 aromatic rings. The molecule has 1 aliphatic heterocycles. The number of nitrogens with one attached hydrogen (secondary N) is 1. The van der Waals surface area contributed by atoms with E-state index in [0.29, 0.717) is 11.1 Å². The third-order valence-electron chi connectivity index (χ3n) is 4.96. The summed E-state index contributed by atoms with van der Waals surface area (Å²) in [4.78, 5) is 16.7. The number of fused-ring (bicyclic) bond motifs is 1. The van der Waals surface area contributed by atoms with Crippen molar-refractivity contribution in [1.29, 1.82) is 0 Å². The second-order valence-electron chi connectivity index (χ2n) is 6.83. The van der Waals surface area contributed by atoms with Gasteiger partial charge in [-0.1, -0.05) is 0 Å². The number of hydrogen-bond acceptors (Lipinski definition) is 5. The maximum absolute atomic E-state index is 12.6. The molecule has 7 nitrogen and oxygen atoms in total. The summed E-state index contributed by atoms with van der Waals surface area (Å²) in [6.45, 7) is 2.52. The Bertz CT molecular complexity index is 968. The van der Waals surface area contributed by atoms with Crippen molar-refractivity contribution in [3.8, 4) is 17.1 Å². The Morgan fingerprint density at radius 3 is 2.93 bits per heavy atom. The number of benzene rings is 1. The summed E-state index contributed by atoms with van der Waals surface area (Å²) in [6, 6.07) is 8.83. The largest absolute Gasteiger partial charge is 0.508 e. The van der Waals surface area contributed by atoms with Crippen LogP contribution in [0.4, 0.5) is 0 Å². The van der Waals surface area contributed by atoms with Crippen molar-refractivity contribution >= 4 is 5.91 Å². The number of aromatic hydroxyl groups is 1. The standard InChI is InChI=1S/C20H21N5O2/c1-13-11-14(4-6-17(13)26)20(27)22-16-5-7-18-23-24-19(25(18)10-8-16)15-3-2-9-21-12-15/h2-4,6,9,11-12,16,26H,5,7-8,10H2,1H3,(H,22,27). The highest BCUT2D eigenvalue weighted by atomic mass is 16.3. The molecule has 1 aliphatic rings. The molecule has 0 saturated heterocycles. The van der Waals surface area contributed by atoms with Gasteiger partial charge in [-0.2, -0.15) is 0 Å². The first-order valence-electron chi connectivity index (χ1n) is 9.05. The lowest BCUT2D eigenvalue weighted by Gasteiger charge is -2.16. The van der Waals surface area contributed by atoms with Gasteiger partial charge < -0.3 is 15.0 Å². The van der Waals surface area contributed by atoms with E-state index in [2.05, 4.69) is 25.1 Å². The Kier molecular flexibility index (Phi) is 4.58. The van der Waals surface area contributed by atoms with Gasteiger partial charge in [-0.15, -0.1) is 10.2 Å². The molecule has 138 valence electrons. The molecular formula is C20H21N5O2. The van der Waals surface area contributed by atoms with Gasteiger partial charge in [0, 0.05) is 42.5 Å². The zero-order valence-electron chi connectivity index (χ0n) is 15.1. The van der Waals surface area contributed by atoms with Gasteiger partial charge in [0.25, 0.3) is 5.91 Å². The molecule has 0 radical (unpaired) electrons. The SMILES string of the molecule is Cc1cc(C(=O)NC2CCc3nnc(-c4cccnc4)n3CC2)ccc1O. The lowest BCUT2D eigenvalue weighted by Crippen LogP contribution is -2.35. The van der Waals surface area contributed by atoms with Crippen molar-refractivity contribution < 1.29 is 9.90 Å². The van der Waals surface area contributed by atoms with Crippen LogP contribution in [0.2, 0.25) is 0 Å². The van der Waals surface area contributed by atoms with Crippen molar-refractivity contribution in [1.82, 2.24) is 25.1 Å². The number of hydrogen-bond donors (Lipinski definition) is 2. The summed E-state index contributed by atoms with van der Waals surface area (Å²) in [5.41, 5.74) is 2.19. The topological polar surface area (TPSA) is 92.9 Å². The normalized spacial score (nSPS) is 16.4. The van der Waals surface area contributed by atoms with Crippen LogP contribution in [0.5, 0.6) is 5.75 Å². The maximum atomic E-state index is 12.6. The van der Waals surface area contributed by atoms with Crippen LogP contribution in [0.3, 0.4) is 0 Å². The highest BCUT2D eigenvalue weighted by Crippen LogP contribution is 2.22. The number of nitrogens with zero attached hydrogens (tertiary/aromatic N) is 4. The molecule has 0 fully saturated rings. The quantitative estimate of drug-likeness (QED) is 0.746. The minimum absolute atomic E-state index is 0.0649. The van der Waals surface area contributed by atoms with Crippen molar-refractivity contribution in [2.24, 2.45) is 0 Å². The van der Waals surface area contributed by atoms with Crippen molar-refractivity contribution in [2.45, 2.75) is 38.8 Å². The van der Waals surface area contributed by atoms with Gasteiger partial charge in [0.15, 0.2) is 5.82 Å². The molecule has 1 unspecified atom stereocenters.